The van der Waals surface area contributed by atoms with Crippen LogP contribution in [-0.4, -0.2) is 19.0 Å². The first-order valence-electron chi connectivity index (χ1n) is 5.08. The van der Waals surface area contributed by atoms with Gasteiger partial charge < -0.3 is 11.1 Å². The maximum absolute atomic E-state index is 12.8. The molecule has 0 aliphatic carbocycles. The first-order valence-corrected chi connectivity index (χ1v) is 5.46. The number of benzene rings is 1. The van der Waals surface area contributed by atoms with Gasteiger partial charge in [-0.3, -0.25) is 4.79 Å². The normalized spacial score (nSPS) is 10.2. The number of carbonyl (C=O) groups excluding carboxylic acids is 1. The number of unbranched alkanes of at least 4 members (excludes halogenated alkanes) is 1. The van der Waals surface area contributed by atoms with Crippen molar-refractivity contribution in [3.63, 3.8) is 0 Å². The largest absolute Gasteiger partial charge is 0.352 e. The van der Waals surface area contributed by atoms with E-state index in [4.69, 9.17) is 17.3 Å². The van der Waals surface area contributed by atoms with Gasteiger partial charge in [0.2, 0.25) is 0 Å². The molecule has 0 unspecified atom stereocenters. The average molecular weight is 245 g/mol. The van der Waals surface area contributed by atoms with Crippen LogP contribution in [-0.2, 0) is 0 Å². The summed E-state index contributed by atoms with van der Waals surface area (Å²) in [6.45, 7) is 1.17. The van der Waals surface area contributed by atoms with Crippen LogP contribution in [0.5, 0.6) is 0 Å². The van der Waals surface area contributed by atoms with Gasteiger partial charge in [-0.2, -0.15) is 0 Å². The molecule has 3 N–H and O–H groups in total. The van der Waals surface area contributed by atoms with E-state index >= 15 is 0 Å². The summed E-state index contributed by atoms with van der Waals surface area (Å²) in [5.74, 6) is -0.778. The van der Waals surface area contributed by atoms with Gasteiger partial charge in [0, 0.05) is 12.1 Å². The highest BCUT2D eigenvalue weighted by atomic mass is 35.5. The molecule has 0 aromatic heterocycles. The van der Waals surface area contributed by atoms with Crippen LogP contribution in [0.4, 0.5) is 4.39 Å². The number of hydrogen-bond donors (Lipinski definition) is 2. The van der Waals surface area contributed by atoms with Crippen molar-refractivity contribution in [2.24, 2.45) is 5.73 Å². The highest BCUT2D eigenvalue weighted by molar-refractivity contribution is 6.31. The number of amides is 1. The number of nitrogens with two attached hydrogens (primary N) is 1. The summed E-state index contributed by atoms with van der Waals surface area (Å²) in [6, 6.07) is 3.89. The second-order valence-electron chi connectivity index (χ2n) is 3.38. The molecule has 0 bridgehead atoms. The van der Waals surface area contributed by atoms with Gasteiger partial charge in [0.1, 0.15) is 5.82 Å². The lowest BCUT2D eigenvalue weighted by Crippen LogP contribution is -2.24. The number of nitrogens with one attached hydrogen (secondary N) is 1. The van der Waals surface area contributed by atoms with Crippen molar-refractivity contribution in [1.29, 1.82) is 0 Å². The molecule has 0 saturated carbocycles. The van der Waals surface area contributed by atoms with Crippen LogP contribution >= 0.6 is 11.6 Å². The highest BCUT2D eigenvalue weighted by Gasteiger charge is 2.07. The zero-order chi connectivity index (χ0) is 12.0. The fourth-order valence-corrected chi connectivity index (χ4v) is 1.39. The molecule has 0 spiro atoms. The van der Waals surface area contributed by atoms with Crippen LogP contribution in [0.2, 0.25) is 5.02 Å². The van der Waals surface area contributed by atoms with E-state index in [0.29, 0.717) is 18.7 Å². The number of carbonyl (C=O) groups is 1. The van der Waals surface area contributed by atoms with Crippen molar-refractivity contribution < 1.29 is 9.18 Å². The summed E-state index contributed by atoms with van der Waals surface area (Å²) in [5, 5.41) is 2.66. The molecule has 0 saturated heterocycles. The van der Waals surface area contributed by atoms with Gasteiger partial charge in [0.05, 0.1) is 5.02 Å². The molecule has 1 aromatic rings. The van der Waals surface area contributed by atoms with E-state index in [9.17, 15) is 9.18 Å². The highest BCUT2D eigenvalue weighted by Crippen LogP contribution is 2.15. The Balaban J connectivity index is 2.50. The van der Waals surface area contributed by atoms with Crippen molar-refractivity contribution >= 4 is 17.5 Å². The Morgan fingerprint density at radius 3 is 2.81 bits per heavy atom. The molecule has 16 heavy (non-hydrogen) atoms. The number of hydrogen-bond acceptors (Lipinski definition) is 2. The standard InChI is InChI=1S/C11H14ClFN2O/c12-9-7-8(3-4-10(9)13)11(16)15-6-2-1-5-14/h3-4,7H,1-2,5-6,14H2,(H,15,16). The SMILES string of the molecule is NCCCCNC(=O)c1ccc(F)c(Cl)c1. The number of rotatable bonds is 5. The van der Waals surface area contributed by atoms with Gasteiger partial charge in [0.25, 0.3) is 5.91 Å². The summed E-state index contributed by atoms with van der Waals surface area (Å²) in [6.07, 6.45) is 1.70. The van der Waals surface area contributed by atoms with Gasteiger partial charge in [-0.1, -0.05) is 11.6 Å². The molecule has 0 atom stereocenters. The Hall–Kier alpha value is -1.13. The second kappa shape index (κ2) is 6.45. The van der Waals surface area contributed by atoms with E-state index in [1.807, 2.05) is 0 Å². The van der Waals surface area contributed by atoms with Crippen molar-refractivity contribution in [3.05, 3.63) is 34.6 Å². The van der Waals surface area contributed by atoms with E-state index in [0.717, 1.165) is 12.8 Å². The minimum absolute atomic E-state index is 0.0467. The lowest BCUT2D eigenvalue weighted by molar-refractivity contribution is 0.0953. The molecule has 3 nitrogen and oxygen atoms in total. The lowest BCUT2D eigenvalue weighted by Gasteiger charge is -2.05. The van der Waals surface area contributed by atoms with Gasteiger partial charge >= 0.3 is 0 Å². The molecule has 0 fully saturated rings. The van der Waals surface area contributed by atoms with Gasteiger partial charge in [0.15, 0.2) is 0 Å². The number of halogens is 2. The topological polar surface area (TPSA) is 55.1 Å². The molecular weight excluding hydrogens is 231 g/mol. The summed E-state index contributed by atoms with van der Waals surface area (Å²) >= 11 is 5.57. The first kappa shape index (κ1) is 12.9. The van der Waals surface area contributed by atoms with Crippen LogP contribution < -0.4 is 11.1 Å². The van der Waals surface area contributed by atoms with Crippen LogP contribution in [0.1, 0.15) is 23.2 Å². The van der Waals surface area contributed by atoms with Crippen molar-refractivity contribution in [2.45, 2.75) is 12.8 Å². The van der Waals surface area contributed by atoms with Crippen LogP contribution in [0.15, 0.2) is 18.2 Å². The smallest absolute Gasteiger partial charge is 0.251 e. The molecule has 0 aliphatic rings. The third kappa shape index (κ3) is 3.79. The molecule has 0 heterocycles. The summed E-state index contributed by atoms with van der Waals surface area (Å²) in [7, 11) is 0. The van der Waals surface area contributed by atoms with Crippen molar-refractivity contribution in [1.82, 2.24) is 5.32 Å². The predicted molar refractivity (Wildman–Crippen MR) is 62.0 cm³/mol. The monoisotopic (exact) mass is 244 g/mol. The van der Waals surface area contributed by atoms with E-state index < -0.39 is 5.82 Å². The molecule has 88 valence electrons. The van der Waals surface area contributed by atoms with Crippen LogP contribution in [0, 0.1) is 5.82 Å². The third-order valence-electron chi connectivity index (χ3n) is 2.10. The maximum atomic E-state index is 12.8. The average Bonchev–Trinajstić information content (AvgIpc) is 2.28. The first-order chi connectivity index (χ1) is 7.65. The molecule has 0 aliphatic heterocycles. The maximum Gasteiger partial charge on any atom is 0.251 e. The molecule has 1 amide bonds. The predicted octanol–water partition coefficient (Wildman–Crippen LogP) is 1.95. The summed E-state index contributed by atoms with van der Waals surface area (Å²) < 4.78 is 12.8. The molecule has 1 aromatic carbocycles. The quantitative estimate of drug-likeness (QED) is 0.778. The van der Waals surface area contributed by atoms with E-state index in [2.05, 4.69) is 5.32 Å². The molecule has 0 radical (unpaired) electrons. The van der Waals surface area contributed by atoms with Crippen molar-refractivity contribution in [3.8, 4) is 0 Å². The van der Waals surface area contributed by atoms with Crippen molar-refractivity contribution in [2.75, 3.05) is 13.1 Å². The summed E-state index contributed by atoms with van der Waals surface area (Å²) in [4.78, 5) is 11.5. The summed E-state index contributed by atoms with van der Waals surface area (Å²) in [5.41, 5.74) is 5.68. The van der Waals surface area contributed by atoms with Crippen LogP contribution in [0.3, 0.4) is 0 Å². The molecule has 1 rings (SSSR count). The Bertz CT molecular complexity index is 371. The fraction of sp³-hybridized carbons (Fsp3) is 0.364. The third-order valence-corrected chi connectivity index (χ3v) is 2.39. The molecule has 5 heteroatoms. The van der Waals surface area contributed by atoms with E-state index in [1.54, 1.807) is 0 Å². The zero-order valence-corrected chi connectivity index (χ0v) is 9.56. The van der Waals surface area contributed by atoms with Gasteiger partial charge in [-0.15, -0.1) is 0 Å². The second-order valence-corrected chi connectivity index (χ2v) is 3.79. The minimum atomic E-state index is -0.527. The van der Waals surface area contributed by atoms with Gasteiger partial charge in [-0.25, -0.2) is 4.39 Å². The van der Waals surface area contributed by atoms with E-state index in [-0.39, 0.29) is 10.9 Å². The van der Waals surface area contributed by atoms with E-state index in [1.165, 1.54) is 18.2 Å². The Labute approximate surface area is 98.8 Å². The Morgan fingerprint density at radius 2 is 2.19 bits per heavy atom. The van der Waals surface area contributed by atoms with Gasteiger partial charge in [-0.05, 0) is 37.6 Å². The van der Waals surface area contributed by atoms with Crippen LogP contribution in [0.25, 0.3) is 0 Å². The Kier molecular flexibility index (Phi) is 5.22. The minimum Gasteiger partial charge on any atom is -0.352 e. The lowest BCUT2D eigenvalue weighted by atomic mass is 10.2. The Morgan fingerprint density at radius 1 is 1.44 bits per heavy atom. The fourth-order valence-electron chi connectivity index (χ4n) is 1.21. The zero-order valence-electron chi connectivity index (χ0n) is 8.80. The molecular formula is C11H14ClFN2O.